The Balaban J connectivity index is 1.68. The highest BCUT2D eigenvalue weighted by atomic mass is 127. The molecule has 1 saturated heterocycles. The number of halogens is 2. The van der Waals surface area contributed by atoms with Crippen molar-refractivity contribution < 1.29 is 14.2 Å². The van der Waals surface area contributed by atoms with E-state index in [4.69, 9.17) is 14.2 Å². The van der Waals surface area contributed by atoms with Crippen LogP contribution in [0.5, 0.6) is 5.75 Å². The van der Waals surface area contributed by atoms with Crippen molar-refractivity contribution in [2.75, 3.05) is 19.8 Å². The molecular formula is C12H14BrIO3. The topological polar surface area (TPSA) is 27.7 Å². The number of hydrogen-bond acceptors (Lipinski definition) is 3. The molecule has 0 N–H and O–H groups in total. The summed E-state index contributed by atoms with van der Waals surface area (Å²) in [6, 6.07) is 6.00. The quantitative estimate of drug-likeness (QED) is 0.546. The van der Waals surface area contributed by atoms with Crippen molar-refractivity contribution >= 4 is 38.5 Å². The first-order valence-electron chi connectivity index (χ1n) is 5.57. The summed E-state index contributed by atoms with van der Waals surface area (Å²) in [6.07, 6.45) is 1.81. The van der Waals surface area contributed by atoms with Crippen LogP contribution in [0.1, 0.15) is 12.8 Å². The zero-order valence-electron chi connectivity index (χ0n) is 9.33. The summed E-state index contributed by atoms with van der Waals surface area (Å²) in [5.41, 5.74) is 0. The van der Waals surface area contributed by atoms with Crippen molar-refractivity contribution in [1.29, 1.82) is 0 Å². The molecule has 1 aromatic carbocycles. The van der Waals surface area contributed by atoms with Crippen LogP contribution in [0.3, 0.4) is 0 Å². The lowest BCUT2D eigenvalue weighted by Gasteiger charge is -2.10. The van der Waals surface area contributed by atoms with Crippen molar-refractivity contribution in [3.05, 3.63) is 26.2 Å². The van der Waals surface area contributed by atoms with E-state index in [0.29, 0.717) is 6.61 Å². The molecule has 94 valence electrons. The Bertz CT molecular complexity index is 367. The van der Waals surface area contributed by atoms with Crippen LogP contribution in [0.15, 0.2) is 22.7 Å². The van der Waals surface area contributed by atoms with Crippen molar-refractivity contribution in [3.8, 4) is 5.75 Å². The summed E-state index contributed by atoms with van der Waals surface area (Å²) in [6.45, 7) is 2.13. The molecule has 0 atom stereocenters. The maximum atomic E-state index is 5.66. The summed E-state index contributed by atoms with van der Waals surface area (Å²) in [5, 5.41) is 0. The first-order chi connectivity index (χ1) is 8.25. The van der Waals surface area contributed by atoms with E-state index in [0.717, 1.165) is 36.3 Å². The molecule has 1 aromatic rings. The molecule has 1 fully saturated rings. The van der Waals surface area contributed by atoms with Crippen LogP contribution in [0.2, 0.25) is 0 Å². The van der Waals surface area contributed by atoms with Gasteiger partial charge in [0.1, 0.15) is 5.75 Å². The number of hydrogen-bond donors (Lipinski definition) is 0. The standard InChI is InChI=1S/C12H14BrIO3/c13-10-8-9(3-4-11(10)14)15-5-1-2-12-16-6-7-17-12/h3-4,8,12H,1-2,5-7H2. The van der Waals surface area contributed by atoms with Gasteiger partial charge in [-0.1, -0.05) is 0 Å². The van der Waals surface area contributed by atoms with Crippen LogP contribution in [0.25, 0.3) is 0 Å². The van der Waals surface area contributed by atoms with Gasteiger partial charge in [-0.15, -0.1) is 0 Å². The van der Waals surface area contributed by atoms with E-state index in [1.54, 1.807) is 0 Å². The highest BCUT2D eigenvalue weighted by Gasteiger charge is 2.14. The Kier molecular flexibility index (Phi) is 5.52. The molecule has 1 aliphatic rings. The van der Waals surface area contributed by atoms with Crippen LogP contribution in [0.4, 0.5) is 0 Å². The van der Waals surface area contributed by atoms with Crippen LogP contribution in [-0.4, -0.2) is 26.1 Å². The molecule has 0 aliphatic carbocycles. The lowest BCUT2D eigenvalue weighted by Crippen LogP contribution is -2.09. The molecule has 0 aromatic heterocycles. The number of benzene rings is 1. The van der Waals surface area contributed by atoms with E-state index in [1.807, 2.05) is 18.2 Å². The normalized spacial score (nSPS) is 16.4. The average molecular weight is 413 g/mol. The summed E-state index contributed by atoms with van der Waals surface area (Å²) in [5.74, 6) is 0.894. The maximum Gasteiger partial charge on any atom is 0.157 e. The average Bonchev–Trinajstić information content (AvgIpc) is 2.82. The van der Waals surface area contributed by atoms with Crippen molar-refractivity contribution in [3.63, 3.8) is 0 Å². The SMILES string of the molecule is Brc1cc(OCCCC2OCCO2)ccc1I. The van der Waals surface area contributed by atoms with E-state index in [1.165, 1.54) is 3.57 Å². The fourth-order valence-corrected chi connectivity index (χ4v) is 2.27. The van der Waals surface area contributed by atoms with Crippen molar-refractivity contribution in [2.45, 2.75) is 19.1 Å². The summed E-state index contributed by atoms with van der Waals surface area (Å²) >= 11 is 5.76. The van der Waals surface area contributed by atoms with Gasteiger partial charge in [0.2, 0.25) is 0 Å². The highest BCUT2D eigenvalue weighted by molar-refractivity contribution is 14.1. The molecule has 2 rings (SSSR count). The molecule has 0 amide bonds. The van der Waals surface area contributed by atoms with E-state index in [9.17, 15) is 0 Å². The van der Waals surface area contributed by atoms with Gasteiger partial charge in [0.25, 0.3) is 0 Å². The third-order valence-electron chi connectivity index (χ3n) is 2.43. The molecule has 17 heavy (non-hydrogen) atoms. The van der Waals surface area contributed by atoms with Gasteiger partial charge in [0.15, 0.2) is 6.29 Å². The second-order valence-corrected chi connectivity index (χ2v) is 5.75. The van der Waals surface area contributed by atoms with Gasteiger partial charge >= 0.3 is 0 Å². The van der Waals surface area contributed by atoms with Crippen molar-refractivity contribution in [1.82, 2.24) is 0 Å². The molecule has 1 aliphatic heterocycles. The van der Waals surface area contributed by atoms with Gasteiger partial charge in [-0.25, -0.2) is 0 Å². The monoisotopic (exact) mass is 412 g/mol. The van der Waals surface area contributed by atoms with Gasteiger partial charge in [-0.2, -0.15) is 0 Å². The molecule has 0 radical (unpaired) electrons. The van der Waals surface area contributed by atoms with Gasteiger partial charge < -0.3 is 14.2 Å². The molecule has 0 spiro atoms. The summed E-state index contributed by atoms with van der Waals surface area (Å²) < 4.78 is 18.6. The number of ether oxygens (including phenoxy) is 3. The van der Waals surface area contributed by atoms with Crippen LogP contribution in [-0.2, 0) is 9.47 Å². The molecule has 0 saturated carbocycles. The van der Waals surface area contributed by atoms with Crippen molar-refractivity contribution in [2.24, 2.45) is 0 Å². The largest absolute Gasteiger partial charge is 0.494 e. The molecular weight excluding hydrogens is 399 g/mol. The number of rotatable bonds is 5. The Labute approximate surface area is 123 Å². The fourth-order valence-electron chi connectivity index (χ4n) is 1.58. The Morgan fingerprint density at radius 2 is 2.12 bits per heavy atom. The van der Waals surface area contributed by atoms with Crippen LogP contribution >= 0.6 is 38.5 Å². The fraction of sp³-hybridized carbons (Fsp3) is 0.500. The smallest absolute Gasteiger partial charge is 0.157 e. The van der Waals surface area contributed by atoms with E-state index in [2.05, 4.69) is 38.5 Å². The predicted molar refractivity (Wildman–Crippen MR) is 77.3 cm³/mol. The summed E-state index contributed by atoms with van der Waals surface area (Å²) in [4.78, 5) is 0. The zero-order chi connectivity index (χ0) is 12.1. The molecule has 0 unspecified atom stereocenters. The maximum absolute atomic E-state index is 5.66. The summed E-state index contributed by atoms with van der Waals surface area (Å²) in [7, 11) is 0. The first-order valence-corrected chi connectivity index (χ1v) is 7.44. The van der Waals surface area contributed by atoms with Gasteiger partial charge in [0.05, 0.1) is 19.8 Å². The Hall–Kier alpha value is 0.150. The zero-order valence-corrected chi connectivity index (χ0v) is 13.1. The molecule has 1 heterocycles. The minimum Gasteiger partial charge on any atom is -0.494 e. The lowest BCUT2D eigenvalue weighted by molar-refractivity contribution is -0.0492. The minimum atomic E-state index is -0.0259. The van der Waals surface area contributed by atoms with Gasteiger partial charge in [0, 0.05) is 14.5 Å². The third-order valence-corrected chi connectivity index (χ3v) is 4.77. The molecule has 5 heteroatoms. The van der Waals surface area contributed by atoms with E-state index in [-0.39, 0.29) is 6.29 Å². The minimum absolute atomic E-state index is 0.0259. The van der Waals surface area contributed by atoms with Crippen LogP contribution in [0, 0.1) is 3.57 Å². The second kappa shape index (κ2) is 6.92. The Morgan fingerprint density at radius 1 is 1.35 bits per heavy atom. The van der Waals surface area contributed by atoms with E-state index < -0.39 is 0 Å². The molecule has 3 nitrogen and oxygen atoms in total. The molecule has 0 bridgehead atoms. The van der Waals surface area contributed by atoms with Gasteiger partial charge in [-0.3, -0.25) is 0 Å². The lowest BCUT2D eigenvalue weighted by atomic mass is 10.3. The Morgan fingerprint density at radius 3 is 2.82 bits per heavy atom. The predicted octanol–water partition coefficient (Wildman–Crippen LogP) is 3.59. The second-order valence-electron chi connectivity index (χ2n) is 3.74. The van der Waals surface area contributed by atoms with E-state index >= 15 is 0 Å². The third kappa shape index (κ3) is 4.39. The first kappa shape index (κ1) is 13.6. The highest BCUT2D eigenvalue weighted by Crippen LogP contribution is 2.24. The van der Waals surface area contributed by atoms with Crippen LogP contribution < -0.4 is 4.74 Å². The van der Waals surface area contributed by atoms with Gasteiger partial charge in [-0.05, 0) is 63.1 Å².